The number of phenols is 2. The van der Waals surface area contributed by atoms with Gasteiger partial charge in [-0.3, -0.25) is 4.68 Å². The summed E-state index contributed by atoms with van der Waals surface area (Å²) in [5.41, 5.74) is 1.97. The van der Waals surface area contributed by atoms with Gasteiger partial charge in [0.25, 0.3) is 0 Å². The van der Waals surface area contributed by atoms with Crippen LogP contribution in [-0.4, -0.2) is 54.2 Å². The molecule has 0 atom stereocenters. The van der Waals surface area contributed by atoms with Crippen molar-refractivity contribution in [3.05, 3.63) is 147 Å². The average Bonchev–Trinajstić information content (AvgIpc) is 3.82. The number of carboxylic acid groups (broad SMARTS) is 1. The topological polar surface area (TPSA) is 177 Å². The van der Waals surface area contributed by atoms with Gasteiger partial charge in [-0.1, -0.05) is 48.3 Å². The summed E-state index contributed by atoms with van der Waals surface area (Å²) in [5, 5.41) is 40.6. The van der Waals surface area contributed by atoms with Crippen molar-refractivity contribution in [2.75, 3.05) is 11.9 Å². The van der Waals surface area contributed by atoms with Gasteiger partial charge in [0.05, 0.1) is 33.6 Å². The van der Waals surface area contributed by atoms with E-state index in [-0.39, 0.29) is 49.9 Å². The van der Waals surface area contributed by atoms with Crippen LogP contribution in [0.4, 0.5) is 19.3 Å². The second-order valence-electron chi connectivity index (χ2n) is 16.2. The number of nitrogens with zero attached hydrogens (tertiary/aromatic N) is 3. The molecule has 2 aromatic heterocycles. The highest BCUT2D eigenvalue weighted by atomic mass is 35.5. The summed E-state index contributed by atoms with van der Waals surface area (Å²) in [6.07, 6.45) is 8.38. The van der Waals surface area contributed by atoms with E-state index < -0.39 is 40.8 Å². The van der Waals surface area contributed by atoms with Gasteiger partial charge in [-0.2, -0.15) is 5.10 Å². The lowest BCUT2D eigenvalue weighted by molar-refractivity contribution is 0.0224. The molecule has 0 bridgehead atoms. The maximum Gasteiger partial charge on any atom is 0.340 e. The summed E-state index contributed by atoms with van der Waals surface area (Å²) >= 11 is 7.39. The first-order valence-electron chi connectivity index (χ1n) is 20.9. The number of anilines is 1. The van der Waals surface area contributed by atoms with Crippen LogP contribution >= 0.6 is 23.4 Å². The number of esters is 1. The zero-order valence-corrected chi connectivity index (χ0v) is 35.8. The van der Waals surface area contributed by atoms with Gasteiger partial charge in [-0.05, 0) is 86.3 Å². The van der Waals surface area contributed by atoms with E-state index in [1.807, 2.05) is 10.8 Å². The number of aromatic nitrogens is 3. The summed E-state index contributed by atoms with van der Waals surface area (Å²) in [6.45, 7) is 0.992. The summed E-state index contributed by atoms with van der Waals surface area (Å²) < 4.78 is 47.0. The first kappa shape index (κ1) is 41.9. The van der Waals surface area contributed by atoms with Crippen LogP contribution in [0.3, 0.4) is 0 Å². The van der Waals surface area contributed by atoms with E-state index in [0.29, 0.717) is 57.9 Å². The van der Waals surface area contributed by atoms with Crippen LogP contribution < -0.4 is 15.4 Å². The molecule has 65 heavy (non-hydrogen) atoms. The summed E-state index contributed by atoms with van der Waals surface area (Å²) in [5.74, 6) is -2.93. The van der Waals surface area contributed by atoms with Crippen molar-refractivity contribution in [1.82, 2.24) is 19.7 Å². The number of ether oxygens (including phenoxy) is 2. The Morgan fingerprint density at radius 2 is 1.62 bits per heavy atom. The third kappa shape index (κ3) is 7.45. The number of phenolic OH excluding ortho intramolecular Hbond substituents is 2. The fourth-order valence-corrected chi connectivity index (χ4v) is 10.1. The molecular weight excluding hydrogens is 880 g/mol. The van der Waals surface area contributed by atoms with Crippen molar-refractivity contribution in [2.24, 2.45) is 0 Å². The van der Waals surface area contributed by atoms with E-state index in [0.717, 1.165) is 49.6 Å². The quantitative estimate of drug-likeness (QED) is 0.0552. The summed E-state index contributed by atoms with van der Waals surface area (Å²) in [4.78, 5) is 38.8. The Morgan fingerprint density at radius 3 is 2.34 bits per heavy atom. The highest BCUT2D eigenvalue weighted by Gasteiger charge is 2.53. The van der Waals surface area contributed by atoms with Gasteiger partial charge in [0, 0.05) is 80.6 Å². The second kappa shape index (κ2) is 16.5. The Kier molecular flexibility index (Phi) is 10.6. The average molecular weight is 918 g/mol. The van der Waals surface area contributed by atoms with Crippen LogP contribution in [0.15, 0.2) is 107 Å². The Hall–Kier alpha value is -7.04. The lowest BCUT2D eigenvalue weighted by atomic mass is 9.77. The number of aromatic hydroxyl groups is 2. The molecular formula is C48H38ClF2N5O8S. The number of benzene rings is 5. The van der Waals surface area contributed by atoms with Gasteiger partial charge in [0.1, 0.15) is 23.0 Å². The van der Waals surface area contributed by atoms with E-state index in [9.17, 15) is 29.7 Å². The molecule has 4 heterocycles. The number of rotatable bonds is 13. The lowest BCUT2D eigenvalue weighted by Crippen LogP contribution is -2.33. The van der Waals surface area contributed by atoms with Gasteiger partial charge in [-0.15, -0.1) is 0 Å². The van der Waals surface area contributed by atoms with Gasteiger partial charge in [-0.25, -0.2) is 23.2 Å². The molecule has 1 saturated carbocycles. The lowest BCUT2D eigenvalue weighted by Gasteiger charge is -2.36. The predicted octanol–water partition coefficient (Wildman–Crippen LogP) is 10.8. The fourth-order valence-electron chi connectivity index (χ4n) is 8.77. The standard InChI is InChI=1S/C48H38ClF2N5O8S/c49-36-17-13-31-43(41(36)51)56(42(25-8-9-25)44(31)65-39-7-5-6-30(40(39)50)45(59)60)27-23-53-55(24-27)19-4-2-1-3-18-52-47(62)54-26-10-14-33-32(20-26)46(61)64-48(33)34-15-11-28(57)21-37(34)63-38-22-29(58)12-16-35(38)48/h5-7,10-17,20-25,57-58H,1-4,8-9,18-19H2,(H,59,60)(H2,52,54,62). The number of carboxylic acids is 1. The van der Waals surface area contributed by atoms with E-state index >= 15 is 8.78 Å². The normalized spacial score (nSPS) is 14.4. The molecule has 330 valence electrons. The minimum atomic E-state index is -1.41. The Labute approximate surface area is 378 Å². The molecule has 0 saturated heterocycles. The number of amides is 2. The van der Waals surface area contributed by atoms with Crippen LogP contribution in [0.2, 0.25) is 5.02 Å². The number of aryl methyl sites for hydroxylation is 1. The zero-order valence-electron chi connectivity index (χ0n) is 34.2. The molecule has 3 aliphatic rings. The minimum absolute atomic E-state index is 0.0461. The van der Waals surface area contributed by atoms with E-state index in [1.54, 1.807) is 47.3 Å². The molecule has 0 radical (unpaired) electrons. The Balaban J connectivity index is 0.762. The molecule has 1 fully saturated rings. The van der Waals surface area contributed by atoms with Gasteiger partial charge < -0.3 is 40.0 Å². The number of unbranched alkanes of at least 4 members (excludes halogenated alkanes) is 3. The second-order valence-corrected chi connectivity index (χ2v) is 17.6. The smallest absolute Gasteiger partial charge is 0.340 e. The number of urea groups is 1. The monoisotopic (exact) mass is 917 g/mol. The third-order valence-electron chi connectivity index (χ3n) is 11.9. The number of carbonyl (C=O) groups is 3. The van der Waals surface area contributed by atoms with Gasteiger partial charge in [0.2, 0.25) is 0 Å². The zero-order chi connectivity index (χ0) is 45.1. The molecule has 2 aliphatic heterocycles. The van der Waals surface area contributed by atoms with Crippen LogP contribution in [-0.2, 0) is 16.9 Å². The maximum absolute atomic E-state index is 15.9. The molecule has 2 amide bonds. The van der Waals surface area contributed by atoms with Crippen LogP contribution in [0, 0.1) is 11.6 Å². The Bertz CT molecular complexity index is 3060. The molecule has 13 nitrogen and oxygen atoms in total. The molecule has 5 N–H and O–H groups in total. The molecule has 1 aliphatic carbocycles. The van der Waals surface area contributed by atoms with Crippen molar-refractivity contribution in [3.63, 3.8) is 0 Å². The van der Waals surface area contributed by atoms with Crippen molar-refractivity contribution in [1.29, 1.82) is 0 Å². The first-order valence-corrected chi connectivity index (χ1v) is 22.1. The highest BCUT2D eigenvalue weighted by Crippen LogP contribution is 2.57. The third-order valence-corrected chi connectivity index (χ3v) is 13.3. The fraction of sp³-hybridized carbons (Fsp3) is 0.208. The molecule has 17 heteroatoms. The number of hydrogen-bond donors (Lipinski definition) is 5. The van der Waals surface area contributed by atoms with Crippen LogP contribution in [0.25, 0.3) is 16.6 Å². The SMILES string of the molecule is O=C(NCCCCCCn1cc(-n2c(C3CC3)c(Sc3cccc(C(=O)O)c3F)c3ccc(Cl)c(F)c32)cn1)Nc1ccc2c(c1)C(=O)OC21c2ccc(O)cc2Oc2cc(O)ccc21. The number of nitrogens with one attached hydrogen (secondary N) is 2. The summed E-state index contributed by atoms with van der Waals surface area (Å²) in [7, 11) is 0. The van der Waals surface area contributed by atoms with Crippen molar-refractivity contribution >= 4 is 57.9 Å². The van der Waals surface area contributed by atoms with Crippen LogP contribution in [0.1, 0.15) is 87.5 Å². The number of hydrogen-bond acceptors (Lipinski definition) is 9. The minimum Gasteiger partial charge on any atom is -0.508 e. The van der Waals surface area contributed by atoms with Crippen LogP contribution in [0.5, 0.6) is 23.0 Å². The summed E-state index contributed by atoms with van der Waals surface area (Å²) in [6, 6.07) is 20.9. The number of halogens is 3. The molecule has 10 rings (SSSR count). The predicted molar refractivity (Wildman–Crippen MR) is 237 cm³/mol. The van der Waals surface area contributed by atoms with E-state index in [4.69, 9.17) is 21.1 Å². The number of fused-ring (bicyclic) bond motifs is 7. The maximum atomic E-state index is 15.9. The molecule has 7 aromatic rings. The number of carbonyl (C=O) groups excluding carboxylic acids is 2. The van der Waals surface area contributed by atoms with Crippen molar-refractivity contribution < 1.29 is 48.0 Å². The van der Waals surface area contributed by atoms with Crippen molar-refractivity contribution in [3.8, 4) is 28.7 Å². The largest absolute Gasteiger partial charge is 0.508 e. The van der Waals surface area contributed by atoms with Crippen molar-refractivity contribution in [2.45, 2.75) is 66.4 Å². The van der Waals surface area contributed by atoms with E-state index in [1.165, 1.54) is 48.5 Å². The van der Waals surface area contributed by atoms with Gasteiger partial charge >= 0.3 is 18.0 Å². The van der Waals surface area contributed by atoms with Gasteiger partial charge in [0.15, 0.2) is 17.2 Å². The highest BCUT2D eigenvalue weighted by molar-refractivity contribution is 7.99. The molecule has 5 aromatic carbocycles. The molecule has 1 spiro atoms. The first-order chi connectivity index (χ1) is 31.4. The number of aromatic carboxylic acids is 1. The Morgan fingerprint density at radius 1 is 0.892 bits per heavy atom. The molecule has 0 unspecified atom stereocenters. The van der Waals surface area contributed by atoms with E-state index in [2.05, 4.69) is 15.7 Å².